The molecule has 0 saturated heterocycles. The van der Waals surface area contributed by atoms with Gasteiger partial charge in [-0.25, -0.2) is 9.59 Å². The summed E-state index contributed by atoms with van der Waals surface area (Å²) in [6.07, 6.45) is -0.325. The van der Waals surface area contributed by atoms with Gasteiger partial charge in [-0.1, -0.05) is 74.0 Å². The highest BCUT2D eigenvalue weighted by Crippen LogP contribution is 2.41. The van der Waals surface area contributed by atoms with Gasteiger partial charge in [-0.3, -0.25) is 9.35 Å². The third kappa shape index (κ3) is 16.7. The summed E-state index contributed by atoms with van der Waals surface area (Å²) in [4.78, 5) is 36.1. The number of nitrogens with two attached hydrogens (primary N) is 2. The van der Waals surface area contributed by atoms with Crippen molar-refractivity contribution in [3.8, 4) is 5.75 Å². The van der Waals surface area contributed by atoms with Crippen LogP contribution in [0.2, 0.25) is 5.02 Å². The van der Waals surface area contributed by atoms with Crippen LogP contribution >= 0.6 is 11.6 Å². The SMILES string of the molecule is CC(C)NCC(O)COc1ccc(CC(N)=O)cc1.CCOC(=O)C1=C(COCCN)NC(C)=C(C(=O)OC)C1c1ccccc1Cl.O=S(=O)(O)c1ccccc1. The van der Waals surface area contributed by atoms with Crippen molar-refractivity contribution in [2.45, 2.75) is 57.1 Å². The van der Waals surface area contributed by atoms with E-state index in [2.05, 4.69) is 10.6 Å². The lowest BCUT2D eigenvalue weighted by atomic mass is 9.80. The van der Waals surface area contributed by atoms with Crippen molar-refractivity contribution in [2.24, 2.45) is 11.5 Å². The van der Waals surface area contributed by atoms with Gasteiger partial charge in [0.2, 0.25) is 5.91 Å². The van der Waals surface area contributed by atoms with Gasteiger partial charge in [0, 0.05) is 29.9 Å². The number of carbonyl (C=O) groups is 3. The highest BCUT2D eigenvalue weighted by Gasteiger charge is 2.39. The number of hydrogen-bond donors (Lipinski definition) is 6. The Bertz CT molecular complexity index is 1920. The molecule has 3 aromatic carbocycles. The van der Waals surface area contributed by atoms with Gasteiger partial charge >= 0.3 is 11.9 Å². The topological polar surface area (TPSA) is 239 Å². The van der Waals surface area contributed by atoms with Crippen molar-refractivity contribution >= 4 is 39.6 Å². The molecule has 57 heavy (non-hydrogen) atoms. The fraction of sp³-hybridized carbons (Fsp3) is 0.375. The number of carbonyl (C=O) groups excluding carboxylic acids is 3. The van der Waals surface area contributed by atoms with E-state index in [0.29, 0.717) is 59.0 Å². The van der Waals surface area contributed by atoms with Crippen LogP contribution in [0.1, 0.15) is 44.7 Å². The molecule has 0 spiro atoms. The Hall–Kier alpha value is -4.81. The molecule has 0 aromatic heterocycles. The predicted octanol–water partition coefficient (Wildman–Crippen LogP) is 3.65. The van der Waals surface area contributed by atoms with Crippen LogP contribution in [0.3, 0.4) is 0 Å². The summed E-state index contributed by atoms with van der Waals surface area (Å²) < 4.78 is 50.5. The lowest BCUT2D eigenvalue weighted by Crippen LogP contribution is -2.35. The van der Waals surface area contributed by atoms with Crippen LogP contribution in [0.25, 0.3) is 0 Å². The van der Waals surface area contributed by atoms with Gasteiger partial charge in [-0.05, 0) is 55.3 Å². The molecule has 1 amide bonds. The molecule has 0 aliphatic carbocycles. The highest BCUT2D eigenvalue weighted by atomic mass is 35.5. The fourth-order valence-electron chi connectivity index (χ4n) is 5.24. The Kier molecular flexibility index (Phi) is 21.0. The van der Waals surface area contributed by atoms with Crippen molar-refractivity contribution in [3.63, 3.8) is 0 Å². The summed E-state index contributed by atoms with van der Waals surface area (Å²) >= 11 is 6.42. The van der Waals surface area contributed by atoms with Gasteiger partial charge in [0.25, 0.3) is 10.1 Å². The van der Waals surface area contributed by atoms with Gasteiger partial charge in [0.05, 0.1) is 61.0 Å². The van der Waals surface area contributed by atoms with E-state index in [1.807, 2.05) is 13.8 Å². The molecule has 1 heterocycles. The number of methoxy groups -OCH3 is 1. The van der Waals surface area contributed by atoms with E-state index in [9.17, 15) is 27.9 Å². The molecular weight excluding hydrogens is 780 g/mol. The maximum atomic E-state index is 12.9. The second-order valence-electron chi connectivity index (χ2n) is 12.7. The normalized spacial score (nSPS) is 14.3. The highest BCUT2D eigenvalue weighted by molar-refractivity contribution is 7.85. The average Bonchev–Trinajstić information content (AvgIpc) is 3.17. The van der Waals surface area contributed by atoms with Gasteiger partial charge < -0.3 is 46.2 Å². The number of nitrogens with one attached hydrogen (secondary N) is 2. The standard InChI is InChI=1S/C20H25ClN2O5.C14H22N2O3.C6H6O3S/c1-4-28-20(25)18-15(11-27-10-9-22)23-12(2)16(19(24)26-3)17(18)13-7-5-6-8-14(13)21;1-10(2)16-8-12(17)9-19-13-5-3-11(4-6-13)7-14(15)18;7-10(8,9)6-4-2-1-3-5-6/h5-8,17,23H,4,9-11,22H2,1-3H3;3-6,10,12,16-17H,7-9H2,1-2H3,(H2,15,18);1-5H,(H,7,8,9). The number of rotatable bonds is 17. The first-order valence-electron chi connectivity index (χ1n) is 18.0. The molecule has 15 nitrogen and oxygen atoms in total. The van der Waals surface area contributed by atoms with E-state index < -0.39 is 34.1 Å². The third-order valence-electron chi connectivity index (χ3n) is 7.82. The van der Waals surface area contributed by atoms with Crippen molar-refractivity contribution in [1.29, 1.82) is 0 Å². The predicted molar refractivity (Wildman–Crippen MR) is 216 cm³/mol. The van der Waals surface area contributed by atoms with Crippen LogP contribution in [0.4, 0.5) is 0 Å². The minimum atomic E-state index is -4.00. The van der Waals surface area contributed by atoms with Gasteiger partial charge in [0.15, 0.2) is 0 Å². The van der Waals surface area contributed by atoms with Crippen molar-refractivity contribution in [3.05, 3.63) is 118 Å². The van der Waals surface area contributed by atoms with Crippen LogP contribution in [0.5, 0.6) is 5.75 Å². The van der Waals surface area contributed by atoms with Crippen LogP contribution in [-0.4, -0.2) is 94.7 Å². The first-order chi connectivity index (χ1) is 27.0. The van der Waals surface area contributed by atoms with E-state index in [1.165, 1.54) is 19.2 Å². The zero-order valence-corrected chi connectivity index (χ0v) is 34.3. The van der Waals surface area contributed by atoms with E-state index in [1.54, 1.807) is 80.6 Å². The molecule has 2 unspecified atom stereocenters. The number of ether oxygens (including phenoxy) is 4. The minimum Gasteiger partial charge on any atom is -0.491 e. The Morgan fingerprint density at radius 2 is 1.60 bits per heavy atom. The van der Waals surface area contributed by atoms with E-state index in [0.717, 1.165) is 5.56 Å². The Morgan fingerprint density at radius 3 is 2.12 bits per heavy atom. The van der Waals surface area contributed by atoms with Crippen LogP contribution in [0, 0.1) is 0 Å². The molecule has 1 aliphatic rings. The van der Waals surface area contributed by atoms with Crippen molar-refractivity contribution in [2.75, 3.05) is 46.6 Å². The maximum absolute atomic E-state index is 12.9. The number of primary amides is 1. The number of amides is 1. The molecule has 3 aromatic rings. The first kappa shape index (κ1) is 48.3. The van der Waals surface area contributed by atoms with Gasteiger partial charge in [0.1, 0.15) is 18.5 Å². The summed E-state index contributed by atoms with van der Waals surface area (Å²) in [5.74, 6) is -1.56. The quantitative estimate of drug-likeness (QED) is 0.0647. The number of halogens is 1. The Morgan fingerprint density at radius 1 is 0.965 bits per heavy atom. The zero-order chi connectivity index (χ0) is 42.5. The third-order valence-corrected chi connectivity index (χ3v) is 9.03. The lowest BCUT2D eigenvalue weighted by molar-refractivity contribution is -0.139. The summed E-state index contributed by atoms with van der Waals surface area (Å²) in [6, 6.07) is 21.9. The molecule has 4 rings (SSSR count). The van der Waals surface area contributed by atoms with E-state index in [-0.39, 0.29) is 42.6 Å². The summed E-state index contributed by atoms with van der Waals surface area (Å²) in [6.45, 7) is 9.18. The molecule has 8 N–H and O–H groups in total. The van der Waals surface area contributed by atoms with Gasteiger partial charge in [-0.15, -0.1) is 0 Å². The number of hydrogen-bond acceptors (Lipinski definition) is 13. The smallest absolute Gasteiger partial charge is 0.336 e. The molecule has 1 aliphatic heterocycles. The Labute approximate surface area is 339 Å². The molecule has 312 valence electrons. The van der Waals surface area contributed by atoms with Crippen molar-refractivity contribution in [1.82, 2.24) is 10.6 Å². The molecule has 0 fully saturated rings. The van der Waals surface area contributed by atoms with Crippen molar-refractivity contribution < 1.29 is 51.4 Å². The summed E-state index contributed by atoms with van der Waals surface area (Å²) in [5.41, 5.74) is 13.7. The molecule has 2 atom stereocenters. The average molecular weight is 833 g/mol. The van der Waals surface area contributed by atoms with Crippen LogP contribution in [0.15, 0.2) is 106 Å². The van der Waals surface area contributed by atoms with Crippen LogP contribution < -0.4 is 26.8 Å². The number of aliphatic hydroxyl groups excluding tert-OH is 1. The molecular formula is C40H53ClN4O11S. The maximum Gasteiger partial charge on any atom is 0.336 e. The lowest BCUT2D eigenvalue weighted by Gasteiger charge is -2.31. The Balaban J connectivity index is 0.000000331. The molecule has 0 bridgehead atoms. The molecule has 0 saturated carbocycles. The molecule has 17 heteroatoms. The second-order valence-corrected chi connectivity index (χ2v) is 14.5. The number of aliphatic hydroxyl groups is 1. The zero-order valence-electron chi connectivity index (χ0n) is 32.7. The van der Waals surface area contributed by atoms with Gasteiger partial charge in [-0.2, -0.15) is 8.42 Å². The minimum absolute atomic E-state index is 0.0741. The first-order valence-corrected chi connectivity index (χ1v) is 19.8. The van der Waals surface area contributed by atoms with E-state index >= 15 is 0 Å². The summed E-state index contributed by atoms with van der Waals surface area (Å²) in [7, 11) is -2.71. The number of dihydropyridines is 1. The number of allylic oxidation sites excluding steroid dienone is 1. The van der Waals surface area contributed by atoms with E-state index in [4.69, 9.17) is 46.6 Å². The molecule has 0 radical (unpaired) electrons. The second kappa shape index (κ2) is 24.7. The largest absolute Gasteiger partial charge is 0.491 e. The monoisotopic (exact) mass is 832 g/mol. The summed E-state index contributed by atoms with van der Waals surface area (Å²) in [5, 5.41) is 16.3. The van der Waals surface area contributed by atoms with Crippen LogP contribution in [-0.2, 0) is 45.1 Å². The fourth-order valence-corrected chi connectivity index (χ4v) is 5.98. The number of esters is 2. The number of benzene rings is 3.